The highest BCUT2D eigenvalue weighted by molar-refractivity contribution is 7.98. The molecule has 1 aromatic carbocycles. The van der Waals surface area contributed by atoms with Gasteiger partial charge in [-0.2, -0.15) is 0 Å². The molecule has 2 aromatic heterocycles. The van der Waals surface area contributed by atoms with Crippen LogP contribution in [0.3, 0.4) is 0 Å². The molecule has 1 aliphatic heterocycles. The molecule has 0 N–H and O–H groups in total. The molecule has 2 fully saturated rings. The Balaban J connectivity index is 1.30. The van der Waals surface area contributed by atoms with Crippen LogP contribution in [0.2, 0.25) is 0 Å². The van der Waals surface area contributed by atoms with Crippen molar-refractivity contribution in [2.45, 2.75) is 49.6 Å². The summed E-state index contributed by atoms with van der Waals surface area (Å²) < 4.78 is 21.3. The van der Waals surface area contributed by atoms with Gasteiger partial charge in [-0.15, -0.1) is 10.2 Å². The summed E-state index contributed by atoms with van der Waals surface area (Å²) in [6.45, 7) is 4.42. The summed E-state index contributed by atoms with van der Waals surface area (Å²) in [6, 6.07) is 6.81. The van der Waals surface area contributed by atoms with Gasteiger partial charge in [0, 0.05) is 30.4 Å². The number of rotatable bonds is 6. The van der Waals surface area contributed by atoms with E-state index in [4.69, 9.17) is 4.42 Å². The van der Waals surface area contributed by atoms with Gasteiger partial charge < -0.3 is 9.32 Å². The molecule has 2 aliphatic rings. The molecular formula is C21H24FN5OS. The molecule has 0 radical (unpaired) electrons. The Morgan fingerprint density at radius 1 is 1.17 bits per heavy atom. The second kappa shape index (κ2) is 7.82. The molecule has 0 unspecified atom stereocenters. The molecule has 3 heterocycles. The number of piperidine rings is 1. The Hall–Kier alpha value is -2.35. The van der Waals surface area contributed by atoms with Crippen LogP contribution in [-0.2, 0) is 5.75 Å². The van der Waals surface area contributed by atoms with Crippen molar-refractivity contribution in [3.05, 3.63) is 42.0 Å². The first-order chi connectivity index (χ1) is 14.2. The minimum absolute atomic E-state index is 0.297. The zero-order valence-electron chi connectivity index (χ0n) is 16.4. The second-order valence-electron chi connectivity index (χ2n) is 8.00. The van der Waals surface area contributed by atoms with Crippen molar-refractivity contribution in [2.24, 2.45) is 5.92 Å². The summed E-state index contributed by atoms with van der Waals surface area (Å²) in [5, 5.41) is 9.96. The molecule has 0 amide bonds. The first kappa shape index (κ1) is 18.7. The van der Waals surface area contributed by atoms with Gasteiger partial charge in [0.1, 0.15) is 12.1 Å². The SMILES string of the molecule is CC1CCN(c2nnc(SCc3coc(-c4cccc(F)c4)n3)n2C2CC2)CC1. The minimum atomic E-state index is -0.297. The van der Waals surface area contributed by atoms with Gasteiger partial charge in [0.2, 0.25) is 11.8 Å². The first-order valence-electron chi connectivity index (χ1n) is 10.2. The third kappa shape index (κ3) is 4.03. The molecule has 29 heavy (non-hydrogen) atoms. The van der Waals surface area contributed by atoms with E-state index in [1.807, 2.05) is 0 Å². The Bertz CT molecular complexity index is 991. The Kier molecular flexibility index (Phi) is 5.03. The molecule has 0 spiro atoms. The van der Waals surface area contributed by atoms with Gasteiger partial charge in [0.15, 0.2) is 5.16 Å². The highest BCUT2D eigenvalue weighted by Gasteiger charge is 2.32. The van der Waals surface area contributed by atoms with E-state index in [9.17, 15) is 4.39 Å². The molecule has 1 saturated carbocycles. The van der Waals surface area contributed by atoms with Crippen LogP contribution in [-0.4, -0.2) is 32.8 Å². The van der Waals surface area contributed by atoms with E-state index >= 15 is 0 Å². The normalized spacial score (nSPS) is 17.8. The van der Waals surface area contributed by atoms with Crippen LogP contribution in [0.5, 0.6) is 0 Å². The Morgan fingerprint density at radius 3 is 2.76 bits per heavy atom. The number of hydrogen-bond acceptors (Lipinski definition) is 6. The van der Waals surface area contributed by atoms with E-state index in [0.717, 1.165) is 35.8 Å². The molecule has 152 valence electrons. The smallest absolute Gasteiger partial charge is 0.228 e. The van der Waals surface area contributed by atoms with Crippen molar-refractivity contribution < 1.29 is 8.81 Å². The van der Waals surface area contributed by atoms with Crippen molar-refractivity contribution in [3.63, 3.8) is 0 Å². The largest absolute Gasteiger partial charge is 0.444 e. The zero-order chi connectivity index (χ0) is 19.8. The van der Waals surface area contributed by atoms with Crippen LogP contribution in [0.1, 0.15) is 44.3 Å². The van der Waals surface area contributed by atoms with E-state index in [2.05, 4.69) is 31.6 Å². The van der Waals surface area contributed by atoms with Gasteiger partial charge in [-0.1, -0.05) is 24.8 Å². The minimum Gasteiger partial charge on any atom is -0.444 e. The molecule has 0 atom stereocenters. The molecule has 6 nitrogen and oxygen atoms in total. The monoisotopic (exact) mass is 413 g/mol. The van der Waals surface area contributed by atoms with E-state index in [1.54, 1.807) is 30.2 Å². The van der Waals surface area contributed by atoms with Gasteiger partial charge in [-0.3, -0.25) is 4.57 Å². The molecule has 1 aliphatic carbocycles. The molecular weight excluding hydrogens is 389 g/mol. The van der Waals surface area contributed by atoms with Gasteiger partial charge in [0.05, 0.1) is 5.69 Å². The van der Waals surface area contributed by atoms with Gasteiger partial charge in [-0.05, 0) is 49.8 Å². The second-order valence-corrected chi connectivity index (χ2v) is 8.94. The van der Waals surface area contributed by atoms with Crippen molar-refractivity contribution >= 4 is 17.7 Å². The molecule has 5 rings (SSSR count). The number of hydrogen-bond donors (Lipinski definition) is 0. The average molecular weight is 414 g/mol. The summed E-state index contributed by atoms with van der Waals surface area (Å²) in [5.41, 5.74) is 1.46. The number of halogens is 1. The van der Waals surface area contributed by atoms with E-state index in [1.165, 1.54) is 37.8 Å². The first-order valence-corrected chi connectivity index (χ1v) is 11.2. The van der Waals surface area contributed by atoms with Crippen LogP contribution in [0, 0.1) is 11.7 Å². The lowest BCUT2D eigenvalue weighted by atomic mass is 10.00. The van der Waals surface area contributed by atoms with Crippen molar-refractivity contribution in [1.29, 1.82) is 0 Å². The highest BCUT2D eigenvalue weighted by atomic mass is 32.2. The lowest BCUT2D eigenvalue weighted by molar-refractivity contribution is 0.429. The van der Waals surface area contributed by atoms with Gasteiger partial charge >= 0.3 is 0 Å². The van der Waals surface area contributed by atoms with Crippen LogP contribution in [0.25, 0.3) is 11.5 Å². The summed E-state index contributed by atoms with van der Waals surface area (Å²) >= 11 is 1.63. The summed E-state index contributed by atoms with van der Waals surface area (Å²) in [7, 11) is 0. The Labute approximate surface area is 173 Å². The maximum Gasteiger partial charge on any atom is 0.228 e. The predicted molar refractivity (Wildman–Crippen MR) is 110 cm³/mol. The molecule has 3 aromatic rings. The Morgan fingerprint density at radius 2 is 2.00 bits per heavy atom. The highest BCUT2D eigenvalue weighted by Crippen LogP contribution is 2.42. The fourth-order valence-corrected chi connectivity index (χ4v) is 4.59. The van der Waals surface area contributed by atoms with Gasteiger partial charge in [-0.25, -0.2) is 9.37 Å². The number of aromatic nitrogens is 4. The fourth-order valence-electron chi connectivity index (χ4n) is 3.71. The topological polar surface area (TPSA) is 60.0 Å². The van der Waals surface area contributed by atoms with E-state index < -0.39 is 0 Å². The van der Waals surface area contributed by atoms with E-state index in [0.29, 0.717) is 23.2 Å². The summed E-state index contributed by atoms with van der Waals surface area (Å²) in [4.78, 5) is 6.89. The van der Waals surface area contributed by atoms with Crippen molar-refractivity contribution in [3.8, 4) is 11.5 Å². The van der Waals surface area contributed by atoms with Crippen molar-refractivity contribution in [1.82, 2.24) is 19.7 Å². The molecule has 8 heteroatoms. The zero-order valence-corrected chi connectivity index (χ0v) is 17.2. The quantitative estimate of drug-likeness (QED) is 0.534. The van der Waals surface area contributed by atoms with Crippen LogP contribution in [0.15, 0.2) is 40.1 Å². The summed E-state index contributed by atoms with van der Waals surface area (Å²) in [5.74, 6) is 2.58. The molecule has 1 saturated heterocycles. The fraction of sp³-hybridized carbons (Fsp3) is 0.476. The third-order valence-corrected chi connectivity index (χ3v) is 6.57. The van der Waals surface area contributed by atoms with Crippen LogP contribution < -0.4 is 4.90 Å². The van der Waals surface area contributed by atoms with E-state index in [-0.39, 0.29) is 5.82 Å². The van der Waals surface area contributed by atoms with Crippen LogP contribution >= 0.6 is 11.8 Å². The number of thioether (sulfide) groups is 1. The number of anilines is 1. The lowest BCUT2D eigenvalue weighted by Crippen LogP contribution is -2.34. The average Bonchev–Trinajstić information content (AvgIpc) is 3.30. The number of nitrogens with zero attached hydrogens (tertiary/aromatic N) is 5. The third-order valence-electron chi connectivity index (χ3n) is 5.60. The predicted octanol–water partition coefficient (Wildman–Crippen LogP) is 4.94. The number of oxazole rings is 1. The summed E-state index contributed by atoms with van der Waals surface area (Å²) in [6.07, 6.45) is 6.44. The maximum absolute atomic E-state index is 13.4. The maximum atomic E-state index is 13.4. The van der Waals surface area contributed by atoms with Gasteiger partial charge in [0.25, 0.3) is 0 Å². The lowest BCUT2D eigenvalue weighted by Gasteiger charge is -2.31. The number of benzene rings is 1. The van der Waals surface area contributed by atoms with Crippen LogP contribution in [0.4, 0.5) is 10.3 Å². The van der Waals surface area contributed by atoms with Crippen molar-refractivity contribution in [2.75, 3.05) is 18.0 Å². The molecule has 0 bridgehead atoms. The standard InChI is InChI=1S/C21H24FN5OS/c1-14-7-9-26(10-8-14)20-24-25-21(27(20)18-5-6-18)29-13-17-12-28-19(23-17)15-3-2-4-16(22)11-15/h2-4,11-12,14,18H,5-10,13H2,1H3.